The molecule has 0 bridgehead atoms. The molecule has 5 heteroatoms. The van der Waals surface area contributed by atoms with Gasteiger partial charge in [0.2, 0.25) is 0 Å². The fourth-order valence-corrected chi connectivity index (χ4v) is 3.48. The van der Waals surface area contributed by atoms with Crippen molar-refractivity contribution in [3.63, 3.8) is 0 Å². The molecule has 1 aliphatic carbocycles. The zero-order valence-corrected chi connectivity index (χ0v) is 12.3. The molecule has 2 amide bonds. The Morgan fingerprint density at radius 3 is 2.67 bits per heavy atom. The summed E-state index contributed by atoms with van der Waals surface area (Å²) in [5.41, 5.74) is 7.64. The number of urea groups is 1. The second-order valence-corrected chi connectivity index (χ2v) is 6.31. The largest absolute Gasteiger partial charge is 0.393 e. The molecule has 1 heterocycles. The zero-order valence-electron chi connectivity index (χ0n) is 12.3. The maximum Gasteiger partial charge on any atom is 0.321 e. The van der Waals surface area contributed by atoms with E-state index in [9.17, 15) is 9.90 Å². The zero-order chi connectivity index (χ0) is 15.0. The molecule has 0 aromatic heterocycles. The van der Waals surface area contributed by atoms with E-state index in [1.807, 2.05) is 36.1 Å². The molecule has 0 radical (unpaired) electrons. The SMILES string of the molecule is CC(N)c1ccc(NC(=O)N2CC3CCC(O)C3C2)cc1. The summed E-state index contributed by atoms with van der Waals surface area (Å²) in [4.78, 5) is 14.1. The molecule has 2 fully saturated rings. The normalized spacial score (nSPS) is 29.3. The van der Waals surface area contributed by atoms with Crippen molar-refractivity contribution in [1.29, 1.82) is 0 Å². The molecule has 1 aliphatic heterocycles. The van der Waals surface area contributed by atoms with Gasteiger partial charge in [0.15, 0.2) is 0 Å². The first-order chi connectivity index (χ1) is 10.0. The third-order valence-corrected chi connectivity index (χ3v) is 4.79. The first-order valence-corrected chi connectivity index (χ1v) is 7.64. The summed E-state index contributed by atoms with van der Waals surface area (Å²) in [6, 6.07) is 7.54. The summed E-state index contributed by atoms with van der Waals surface area (Å²) in [5, 5.41) is 12.8. The quantitative estimate of drug-likeness (QED) is 0.778. The molecule has 1 aromatic rings. The van der Waals surface area contributed by atoms with E-state index >= 15 is 0 Å². The Balaban J connectivity index is 1.59. The Hall–Kier alpha value is -1.59. The van der Waals surface area contributed by atoms with Gasteiger partial charge in [-0.05, 0) is 43.4 Å². The van der Waals surface area contributed by atoms with Gasteiger partial charge >= 0.3 is 6.03 Å². The van der Waals surface area contributed by atoms with Crippen molar-refractivity contribution in [3.05, 3.63) is 29.8 Å². The number of nitrogens with one attached hydrogen (secondary N) is 1. The number of benzene rings is 1. The Morgan fingerprint density at radius 2 is 2.05 bits per heavy atom. The molecule has 114 valence electrons. The maximum atomic E-state index is 12.3. The third kappa shape index (κ3) is 2.89. The summed E-state index contributed by atoms with van der Waals surface area (Å²) >= 11 is 0. The first-order valence-electron chi connectivity index (χ1n) is 7.64. The van der Waals surface area contributed by atoms with Crippen molar-refractivity contribution in [2.24, 2.45) is 17.6 Å². The van der Waals surface area contributed by atoms with Gasteiger partial charge in [0.05, 0.1) is 6.10 Å². The van der Waals surface area contributed by atoms with E-state index in [-0.39, 0.29) is 24.1 Å². The molecule has 5 nitrogen and oxygen atoms in total. The van der Waals surface area contributed by atoms with Crippen LogP contribution in [0, 0.1) is 11.8 Å². The number of amides is 2. The lowest BCUT2D eigenvalue weighted by atomic mass is 10.00. The number of likely N-dealkylation sites (tertiary alicyclic amines) is 1. The van der Waals surface area contributed by atoms with Crippen LogP contribution in [0.3, 0.4) is 0 Å². The van der Waals surface area contributed by atoms with Crippen molar-refractivity contribution in [2.45, 2.75) is 31.9 Å². The minimum absolute atomic E-state index is 0.00537. The van der Waals surface area contributed by atoms with E-state index in [1.165, 1.54) is 0 Å². The molecule has 1 saturated heterocycles. The highest BCUT2D eigenvalue weighted by Crippen LogP contribution is 2.38. The van der Waals surface area contributed by atoms with Gasteiger partial charge in [0.1, 0.15) is 0 Å². The predicted octanol–water partition coefficient (Wildman–Crippen LogP) is 1.94. The van der Waals surface area contributed by atoms with Gasteiger partial charge < -0.3 is 21.1 Å². The fourth-order valence-electron chi connectivity index (χ4n) is 3.48. The van der Waals surface area contributed by atoms with Crippen LogP contribution in [0.2, 0.25) is 0 Å². The lowest BCUT2D eigenvalue weighted by Gasteiger charge is -2.19. The Kier molecular flexibility index (Phi) is 3.87. The van der Waals surface area contributed by atoms with Crippen LogP contribution in [0.15, 0.2) is 24.3 Å². The van der Waals surface area contributed by atoms with E-state index in [2.05, 4.69) is 5.32 Å². The standard InChI is InChI=1S/C16H23N3O2/c1-10(17)11-2-5-13(6-3-11)18-16(21)19-8-12-4-7-15(20)14(12)9-19/h2-3,5-6,10,12,14-15,20H,4,7-9,17H2,1H3,(H,18,21). The molecule has 1 saturated carbocycles. The van der Waals surface area contributed by atoms with Crippen molar-refractivity contribution in [3.8, 4) is 0 Å². The van der Waals surface area contributed by atoms with E-state index < -0.39 is 0 Å². The Bertz CT molecular complexity index is 515. The number of nitrogens with two attached hydrogens (primary N) is 1. The molecule has 1 aromatic carbocycles. The number of hydrogen-bond acceptors (Lipinski definition) is 3. The number of rotatable bonds is 2. The minimum atomic E-state index is -0.238. The monoisotopic (exact) mass is 289 g/mol. The lowest BCUT2D eigenvalue weighted by molar-refractivity contribution is 0.127. The van der Waals surface area contributed by atoms with Crippen LogP contribution < -0.4 is 11.1 Å². The number of carbonyl (C=O) groups is 1. The fraction of sp³-hybridized carbons (Fsp3) is 0.562. The molecule has 4 unspecified atom stereocenters. The van der Waals surface area contributed by atoms with Gasteiger partial charge in [-0.3, -0.25) is 0 Å². The van der Waals surface area contributed by atoms with Crippen LogP contribution in [0.1, 0.15) is 31.4 Å². The van der Waals surface area contributed by atoms with Crippen LogP contribution in [0.5, 0.6) is 0 Å². The number of hydrogen-bond donors (Lipinski definition) is 3. The smallest absolute Gasteiger partial charge is 0.321 e. The Labute approximate surface area is 125 Å². The topological polar surface area (TPSA) is 78.6 Å². The average molecular weight is 289 g/mol. The van der Waals surface area contributed by atoms with E-state index in [0.29, 0.717) is 12.5 Å². The summed E-state index contributed by atoms with van der Waals surface area (Å²) < 4.78 is 0. The molecule has 0 spiro atoms. The van der Waals surface area contributed by atoms with Crippen LogP contribution in [0.4, 0.5) is 10.5 Å². The number of carbonyl (C=O) groups excluding carboxylic acids is 1. The van der Waals surface area contributed by atoms with Gasteiger partial charge in [-0.2, -0.15) is 0 Å². The summed E-state index contributed by atoms with van der Waals surface area (Å²) in [5.74, 6) is 0.724. The molecule has 3 rings (SSSR count). The number of fused-ring (bicyclic) bond motifs is 1. The third-order valence-electron chi connectivity index (χ3n) is 4.79. The number of anilines is 1. The first kappa shape index (κ1) is 14.4. The van der Waals surface area contributed by atoms with Crippen LogP contribution in [0.25, 0.3) is 0 Å². The molecule has 2 aliphatic rings. The summed E-state index contributed by atoms with van der Waals surface area (Å²) in [6.45, 7) is 3.35. The van der Waals surface area contributed by atoms with Crippen LogP contribution in [-0.2, 0) is 0 Å². The molecule has 4 N–H and O–H groups in total. The highest BCUT2D eigenvalue weighted by Gasteiger charge is 2.43. The molecular weight excluding hydrogens is 266 g/mol. The van der Waals surface area contributed by atoms with Gasteiger partial charge in [-0.1, -0.05) is 12.1 Å². The minimum Gasteiger partial charge on any atom is -0.393 e. The van der Waals surface area contributed by atoms with Gasteiger partial charge in [-0.25, -0.2) is 4.79 Å². The van der Waals surface area contributed by atoms with Crippen molar-refractivity contribution in [2.75, 3.05) is 18.4 Å². The lowest BCUT2D eigenvalue weighted by Crippen LogP contribution is -2.34. The van der Waals surface area contributed by atoms with Gasteiger partial charge in [0.25, 0.3) is 0 Å². The van der Waals surface area contributed by atoms with Crippen LogP contribution in [-0.4, -0.2) is 35.2 Å². The second-order valence-electron chi connectivity index (χ2n) is 6.31. The van der Waals surface area contributed by atoms with Crippen molar-refractivity contribution >= 4 is 11.7 Å². The van der Waals surface area contributed by atoms with E-state index in [4.69, 9.17) is 5.73 Å². The average Bonchev–Trinajstić information content (AvgIpc) is 3.02. The van der Waals surface area contributed by atoms with E-state index in [1.54, 1.807) is 0 Å². The molecule has 21 heavy (non-hydrogen) atoms. The molecular formula is C16H23N3O2. The van der Waals surface area contributed by atoms with Crippen molar-refractivity contribution < 1.29 is 9.90 Å². The predicted molar refractivity (Wildman–Crippen MR) is 81.9 cm³/mol. The number of nitrogens with zero attached hydrogens (tertiary/aromatic N) is 1. The van der Waals surface area contributed by atoms with Gasteiger partial charge in [0, 0.05) is 30.7 Å². The van der Waals surface area contributed by atoms with Gasteiger partial charge in [-0.15, -0.1) is 0 Å². The van der Waals surface area contributed by atoms with Crippen LogP contribution >= 0.6 is 0 Å². The highest BCUT2D eigenvalue weighted by atomic mass is 16.3. The second kappa shape index (κ2) is 5.66. The highest BCUT2D eigenvalue weighted by molar-refractivity contribution is 5.89. The molecule has 4 atom stereocenters. The summed E-state index contributed by atoms with van der Waals surface area (Å²) in [6.07, 6.45) is 1.67. The Morgan fingerprint density at radius 1 is 1.33 bits per heavy atom. The number of aliphatic hydroxyl groups excluding tert-OH is 1. The van der Waals surface area contributed by atoms with Crippen molar-refractivity contribution in [1.82, 2.24) is 4.90 Å². The summed E-state index contributed by atoms with van der Waals surface area (Å²) in [7, 11) is 0. The maximum absolute atomic E-state index is 12.3. The number of aliphatic hydroxyl groups is 1. The van der Waals surface area contributed by atoms with E-state index in [0.717, 1.165) is 30.6 Å².